The van der Waals surface area contributed by atoms with E-state index < -0.39 is 0 Å². The molecule has 0 aliphatic carbocycles. The van der Waals surface area contributed by atoms with Crippen molar-refractivity contribution < 1.29 is 9.53 Å². The lowest BCUT2D eigenvalue weighted by molar-refractivity contribution is 0.0933. The zero-order chi connectivity index (χ0) is 19.2. The number of hydrogen-bond acceptors (Lipinski definition) is 4. The highest BCUT2D eigenvalue weighted by atomic mass is 16.5. The molecule has 2 aromatic carbocycles. The van der Waals surface area contributed by atoms with Crippen molar-refractivity contribution in [3.8, 4) is 5.75 Å². The van der Waals surface area contributed by atoms with Crippen LogP contribution >= 0.6 is 0 Å². The number of carbonyl (C=O) groups excluding carboxylic acids is 1. The third kappa shape index (κ3) is 4.25. The third-order valence-electron chi connectivity index (χ3n) is 5.15. The average molecular weight is 367 g/mol. The first-order chi connectivity index (χ1) is 13.2. The maximum absolute atomic E-state index is 13.6. The van der Waals surface area contributed by atoms with Gasteiger partial charge in [0.15, 0.2) is 0 Å². The van der Waals surface area contributed by atoms with E-state index in [2.05, 4.69) is 11.8 Å². The van der Waals surface area contributed by atoms with Crippen LogP contribution in [-0.2, 0) is 0 Å². The Labute approximate surface area is 161 Å². The lowest BCUT2D eigenvalue weighted by atomic mass is 10.1. The second-order valence-corrected chi connectivity index (χ2v) is 6.98. The van der Waals surface area contributed by atoms with Gasteiger partial charge in [-0.05, 0) is 43.5 Å². The van der Waals surface area contributed by atoms with Crippen LogP contribution in [0.3, 0.4) is 0 Å². The first kappa shape index (κ1) is 19.2. The summed E-state index contributed by atoms with van der Waals surface area (Å²) < 4.78 is 5.40. The van der Waals surface area contributed by atoms with E-state index >= 15 is 0 Å². The molecule has 0 spiro atoms. The maximum Gasteiger partial charge on any atom is 0.261 e. The van der Waals surface area contributed by atoms with Crippen molar-refractivity contribution >= 4 is 17.3 Å². The van der Waals surface area contributed by atoms with Crippen LogP contribution in [0.15, 0.2) is 48.5 Å². The SMILES string of the molecule is CCCC(N1CCCC1)N(C(=O)c1ccccc1N)c1cccc(OC)c1. The van der Waals surface area contributed by atoms with E-state index in [0.717, 1.165) is 37.4 Å². The van der Waals surface area contributed by atoms with Crippen LogP contribution in [0.4, 0.5) is 11.4 Å². The van der Waals surface area contributed by atoms with Crippen LogP contribution in [0, 0.1) is 0 Å². The maximum atomic E-state index is 13.6. The molecule has 1 aliphatic rings. The molecule has 5 nitrogen and oxygen atoms in total. The Balaban J connectivity index is 2.06. The predicted molar refractivity (Wildman–Crippen MR) is 110 cm³/mol. The molecule has 1 amide bonds. The fourth-order valence-electron chi connectivity index (χ4n) is 3.78. The van der Waals surface area contributed by atoms with E-state index in [1.807, 2.05) is 41.3 Å². The Morgan fingerprint density at radius 2 is 1.93 bits per heavy atom. The largest absolute Gasteiger partial charge is 0.497 e. The molecule has 1 unspecified atom stereocenters. The normalized spacial score (nSPS) is 15.5. The summed E-state index contributed by atoms with van der Waals surface area (Å²) in [7, 11) is 1.64. The first-order valence-corrected chi connectivity index (χ1v) is 9.72. The number of methoxy groups -OCH3 is 1. The summed E-state index contributed by atoms with van der Waals surface area (Å²) in [4.78, 5) is 17.9. The van der Waals surface area contributed by atoms with Crippen molar-refractivity contribution in [2.45, 2.75) is 38.8 Å². The summed E-state index contributed by atoms with van der Waals surface area (Å²) >= 11 is 0. The third-order valence-corrected chi connectivity index (χ3v) is 5.15. The number of likely N-dealkylation sites (tertiary alicyclic amines) is 1. The number of benzene rings is 2. The number of amides is 1. The van der Waals surface area contributed by atoms with Crippen molar-refractivity contribution in [1.29, 1.82) is 0 Å². The molecule has 0 saturated carbocycles. The van der Waals surface area contributed by atoms with Gasteiger partial charge in [0, 0.05) is 30.5 Å². The number of para-hydroxylation sites is 1. The monoisotopic (exact) mass is 367 g/mol. The smallest absolute Gasteiger partial charge is 0.261 e. The number of hydrogen-bond donors (Lipinski definition) is 1. The molecule has 1 atom stereocenters. The molecule has 0 bridgehead atoms. The number of nitrogens with two attached hydrogens (primary N) is 1. The Hall–Kier alpha value is -2.53. The molecule has 1 saturated heterocycles. The molecule has 1 aliphatic heterocycles. The molecular weight excluding hydrogens is 338 g/mol. The Bertz CT molecular complexity index is 772. The number of ether oxygens (including phenoxy) is 1. The topological polar surface area (TPSA) is 58.8 Å². The lowest BCUT2D eigenvalue weighted by Crippen LogP contribution is -2.50. The van der Waals surface area contributed by atoms with Gasteiger partial charge >= 0.3 is 0 Å². The van der Waals surface area contributed by atoms with Crippen LogP contribution in [0.25, 0.3) is 0 Å². The van der Waals surface area contributed by atoms with Gasteiger partial charge < -0.3 is 10.5 Å². The summed E-state index contributed by atoms with van der Waals surface area (Å²) in [6, 6.07) is 15.0. The zero-order valence-electron chi connectivity index (χ0n) is 16.2. The number of carbonyl (C=O) groups is 1. The van der Waals surface area contributed by atoms with Crippen LogP contribution in [-0.4, -0.2) is 37.2 Å². The van der Waals surface area contributed by atoms with Gasteiger partial charge in [-0.2, -0.15) is 0 Å². The first-order valence-electron chi connectivity index (χ1n) is 9.72. The second-order valence-electron chi connectivity index (χ2n) is 6.98. The molecular formula is C22H29N3O2. The average Bonchev–Trinajstić information content (AvgIpc) is 3.22. The van der Waals surface area contributed by atoms with E-state index in [4.69, 9.17) is 10.5 Å². The van der Waals surface area contributed by atoms with Crippen LogP contribution in [0.2, 0.25) is 0 Å². The minimum absolute atomic E-state index is 0.0108. The second kappa shape index (κ2) is 8.91. The van der Waals surface area contributed by atoms with Gasteiger partial charge in [-0.3, -0.25) is 14.6 Å². The molecule has 0 aromatic heterocycles. The van der Waals surface area contributed by atoms with Crippen molar-refractivity contribution in [3.05, 3.63) is 54.1 Å². The highest BCUT2D eigenvalue weighted by Gasteiger charge is 2.32. The van der Waals surface area contributed by atoms with E-state index in [1.165, 1.54) is 12.8 Å². The molecule has 2 aromatic rings. The molecule has 0 radical (unpaired) electrons. The Morgan fingerprint density at radius 3 is 2.59 bits per heavy atom. The van der Waals surface area contributed by atoms with Gasteiger partial charge in [-0.1, -0.05) is 31.5 Å². The van der Waals surface area contributed by atoms with Gasteiger partial charge in [0.05, 0.1) is 18.8 Å². The summed E-state index contributed by atoms with van der Waals surface area (Å²) in [5, 5.41) is 0. The van der Waals surface area contributed by atoms with Crippen molar-refractivity contribution in [1.82, 2.24) is 4.90 Å². The lowest BCUT2D eigenvalue weighted by Gasteiger charge is -2.38. The molecule has 5 heteroatoms. The van der Waals surface area contributed by atoms with E-state index in [0.29, 0.717) is 11.3 Å². The van der Waals surface area contributed by atoms with Crippen molar-refractivity contribution in [2.75, 3.05) is 30.8 Å². The van der Waals surface area contributed by atoms with Gasteiger partial charge in [-0.25, -0.2) is 0 Å². The number of nitrogen functional groups attached to an aromatic ring is 1. The fraction of sp³-hybridized carbons (Fsp3) is 0.409. The molecule has 144 valence electrons. The van der Waals surface area contributed by atoms with Gasteiger partial charge in [0.25, 0.3) is 5.91 Å². The molecule has 2 N–H and O–H groups in total. The predicted octanol–water partition coefficient (Wildman–Crippen LogP) is 4.15. The number of nitrogens with zero attached hydrogens (tertiary/aromatic N) is 2. The summed E-state index contributed by atoms with van der Waals surface area (Å²) in [5.41, 5.74) is 8.02. The van der Waals surface area contributed by atoms with Gasteiger partial charge in [0.2, 0.25) is 0 Å². The van der Waals surface area contributed by atoms with Crippen molar-refractivity contribution in [3.63, 3.8) is 0 Å². The minimum Gasteiger partial charge on any atom is -0.497 e. The van der Waals surface area contributed by atoms with Crippen molar-refractivity contribution in [2.24, 2.45) is 0 Å². The zero-order valence-corrected chi connectivity index (χ0v) is 16.2. The minimum atomic E-state index is -0.0632. The number of rotatable bonds is 7. The fourth-order valence-corrected chi connectivity index (χ4v) is 3.78. The molecule has 3 rings (SSSR count). The molecule has 1 heterocycles. The van der Waals surface area contributed by atoms with Crippen LogP contribution in [0.5, 0.6) is 5.75 Å². The quantitative estimate of drug-likeness (QED) is 0.747. The Morgan fingerprint density at radius 1 is 1.19 bits per heavy atom. The van der Waals surface area contributed by atoms with E-state index in [1.54, 1.807) is 19.2 Å². The highest BCUT2D eigenvalue weighted by molar-refractivity contribution is 6.09. The highest BCUT2D eigenvalue weighted by Crippen LogP contribution is 2.30. The van der Waals surface area contributed by atoms with E-state index in [9.17, 15) is 4.79 Å². The summed E-state index contributed by atoms with van der Waals surface area (Å²) in [6.45, 7) is 4.19. The summed E-state index contributed by atoms with van der Waals surface area (Å²) in [5.74, 6) is 0.676. The van der Waals surface area contributed by atoms with Gasteiger partial charge in [-0.15, -0.1) is 0 Å². The van der Waals surface area contributed by atoms with Crippen LogP contribution in [0.1, 0.15) is 43.0 Å². The molecule has 27 heavy (non-hydrogen) atoms. The van der Waals surface area contributed by atoms with E-state index in [-0.39, 0.29) is 12.1 Å². The standard InChI is InChI=1S/C22H29N3O2/c1-3-9-21(24-14-6-7-15-24)25(17-10-8-11-18(16-17)27-2)22(26)19-12-4-5-13-20(19)23/h4-5,8,10-13,16,21H,3,6-7,9,14-15,23H2,1-2H3. The Kier molecular flexibility index (Phi) is 6.35. The summed E-state index contributed by atoms with van der Waals surface area (Å²) in [6.07, 6.45) is 4.27. The van der Waals surface area contributed by atoms with Gasteiger partial charge in [0.1, 0.15) is 5.75 Å². The molecule has 1 fully saturated rings. The van der Waals surface area contributed by atoms with Crippen LogP contribution < -0.4 is 15.4 Å². The number of anilines is 2.